The summed E-state index contributed by atoms with van der Waals surface area (Å²) in [5.74, 6) is 0.931. The van der Waals surface area contributed by atoms with Crippen LogP contribution in [0.3, 0.4) is 0 Å². The Morgan fingerprint density at radius 2 is 1.54 bits per heavy atom. The number of nitrogens with zero attached hydrogens (tertiary/aromatic N) is 5. The van der Waals surface area contributed by atoms with Crippen molar-refractivity contribution in [2.75, 3.05) is 35.8 Å². The van der Waals surface area contributed by atoms with Gasteiger partial charge < -0.3 is 19.7 Å². The fourth-order valence-electron chi connectivity index (χ4n) is 3.66. The molecular weight excluding hydrogens is 518 g/mol. The summed E-state index contributed by atoms with van der Waals surface area (Å²) < 4.78 is 41.2. The van der Waals surface area contributed by atoms with E-state index >= 15 is 0 Å². The van der Waals surface area contributed by atoms with Crippen LogP contribution in [0.5, 0.6) is 23.3 Å². The zero-order chi connectivity index (χ0) is 25.8. The minimum atomic E-state index is -3.99. The summed E-state index contributed by atoms with van der Waals surface area (Å²) in [6.07, 6.45) is 2.60. The minimum absolute atomic E-state index is 0.0337. The van der Waals surface area contributed by atoms with Gasteiger partial charge in [0.25, 0.3) is 10.0 Å². The van der Waals surface area contributed by atoms with E-state index in [0.717, 1.165) is 31.9 Å². The number of nitrogens with one attached hydrogen (secondary N) is 2. The Morgan fingerprint density at radius 1 is 0.946 bits per heavy atom. The second kappa shape index (κ2) is 10.6. The molecule has 5 rings (SSSR count). The quantitative estimate of drug-likeness (QED) is 0.344. The van der Waals surface area contributed by atoms with Crippen LogP contribution in [-0.4, -0.2) is 54.3 Å². The molecule has 0 amide bonds. The number of anilines is 2. The van der Waals surface area contributed by atoms with Gasteiger partial charge in [-0.25, -0.2) is 13.1 Å². The third-order valence-electron chi connectivity index (χ3n) is 5.47. The SMILES string of the molecule is Cn1cc(S(=O)(=O)Nc2nc(Oc3ccc(Cl)cc3)cc(Oc3ccc(N4CCNCC4)cc3)n2)cn1. The lowest BCUT2D eigenvalue weighted by Gasteiger charge is -2.29. The molecule has 0 bridgehead atoms. The van der Waals surface area contributed by atoms with Crippen molar-refractivity contribution < 1.29 is 17.9 Å². The standard InChI is InChI=1S/C24H24ClN7O4S/c1-31-16-21(15-27-31)37(33,34)30-24-28-22(35-19-6-2-17(25)3-7-19)14-23(29-24)36-20-8-4-18(5-9-20)32-12-10-26-11-13-32/h2-9,14-16,26H,10-13H2,1H3,(H,28,29,30). The van der Waals surface area contributed by atoms with Gasteiger partial charge in [0, 0.05) is 50.1 Å². The second-order valence-corrected chi connectivity index (χ2v) is 10.3. The van der Waals surface area contributed by atoms with E-state index in [0.29, 0.717) is 16.5 Å². The maximum absolute atomic E-state index is 12.8. The van der Waals surface area contributed by atoms with Crippen LogP contribution in [0.4, 0.5) is 11.6 Å². The number of benzene rings is 2. The Labute approximate surface area is 219 Å². The van der Waals surface area contributed by atoms with E-state index in [9.17, 15) is 8.42 Å². The number of aryl methyl sites for hydroxylation is 1. The van der Waals surface area contributed by atoms with Crippen molar-refractivity contribution in [1.29, 1.82) is 0 Å². The normalized spacial score (nSPS) is 13.8. The van der Waals surface area contributed by atoms with Gasteiger partial charge in [0.1, 0.15) is 16.4 Å². The number of sulfonamides is 1. The van der Waals surface area contributed by atoms with E-state index in [1.165, 1.54) is 23.1 Å². The molecule has 0 atom stereocenters. The van der Waals surface area contributed by atoms with Gasteiger partial charge in [-0.3, -0.25) is 4.68 Å². The van der Waals surface area contributed by atoms with Gasteiger partial charge in [-0.15, -0.1) is 0 Å². The molecule has 0 unspecified atom stereocenters. The lowest BCUT2D eigenvalue weighted by molar-refractivity contribution is 0.435. The first-order valence-electron chi connectivity index (χ1n) is 11.4. The van der Waals surface area contributed by atoms with E-state index in [-0.39, 0.29) is 22.6 Å². The highest BCUT2D eigenvalue weighted by Gasteiger charge is 2.20. The van der Waals surface area contributed by atoms with Gasteiger partial charge in [-0.2, -0.15) is 15.1 Å². The number of aromatic nitrogens is 4. The molecule has 2 aromatic heterocycles. The molecule has 2 aromatic carbocycles. The molecule has 3 heterocycles. The first kappa shape index (κ1) is 24.8. The average molecular weight is 542 g/mol. The highest BCUT2D eigenvalue weighted by Crippen LogP contribution is 2.29. The maximum Gasteiger partial charge on any atom is 0.267 e. The molecule has 1 saturated heterocycles. The molecule has 37 heavy (non-hydrogen) atoms. The molecule has 11 nitrogen and oxygen atoms in total. The van der Waals surface area contributed by atoms with Crippen LogP contribution in [0.25, 0.3) is 0 Å². The first-order valence-corrected chi connectivity index (χ1v) is 13.3. The van der Waals surface area contributed by atoms with Crippen LogP contribution in [0.15, 0.2) is 71.9 Å². The molecule has 192 valence electrons. The molecule has 1 aliphatic heterocycles. The predicted octanol–water partition coefficient (Wildman–Crippen LogP) is 3.66. The monoisotopic (exact) mass is 541 g/mol. The van der Waals surface area contributed by atoms with Crippen LogP contribution >= 0.6 is 11.6 Å². The van der Waals surface area contributed by atoms with Gasteiger partial charge in [0.15, 0.2) is 0 Å². The van der Waals surface area contributed by atoms with Crippen LogP contribution in [0.1, 0.15) is 0 Å². The Bertz CT molecular complexity index is 1470. The third kappa shape index (κ3) is 6.28. The molecule has 13 heteroatoms. The molecule has 0 saturated carbocycles. The number of hydrogen-bond donors (Lipinski definition) is 2. The average Bonchev–Trinajstić information content (AvgIpc) is 3.33. The summed E-state index contributed by atoms with van der Waals surface area (Å²) in [7, 11) is -2.37. The third-order valence-corrected chi connectivity index (χ3v) is 7.01. The Morgan fingerprint density at radius 3 is 2.11 bits per heavy atom. The zero-order valence-electron chi connectivity index (χ0n) is 19.8. The largest absolute Gasteiger partial charge is 0.439 e. The fraction of sp³-hybridized carbons (Fsp3) is 0.208. The molecule has 2 N–H and O–H groups in total. The predicted molar refractivity (Wildman–Crippen MR) is 139 cm³/mol. The summed E-state index contributed by atoms with van der Waals surface area (Å²) in [6, 6.07) is 15.7. The topological polar surface area (TPSA) is 124 Å². The van der Waals surface area contributed by atoms with Crippen LogP contribution in [0, 0.1) is 0 Å². The summed E-state index contributed by atoms with van der Waals surface area (Å²) in [6.45, 7) is 3.73. The number of halogens is 1. The van der Waals surface area contributed by atoms with Gasteiger partial charge >= 0.3 is 0 Å². The van der Waals surface area contributed by atoms with Crippen molar-refractivity contribution >= 4 is 33.3 Å². The lowest BCUT2D eigenvalue weighted by atomic mass is 10.2. The maximum atomic E-state index is 12.8. The molecular formula is C24H24ClN7O4S. The fourth-order valence-corrected chi connectivity index (χ4v) is 4.72. The van der Waals surface area contributed by atoms with Crippen LogP contribution in [0.2, 0.25) is 5.02 Å². The van der Waals surface area contributed by atoms with Crippen molar-refractivity contribution in [2.45, 2.75) is 4.90 Å². The summed E-state index contributed by atoms with van der Waals surface area (Å²) in [5.41, 5.74) is 1.09. The number of rotatable bonds is 8. The molecule has 4 aromatic rings. The second-order valence-electron chi connectivity index (χ2n) is 8.21. The van der Waals surface area contributed by atoms with E-state index in [2.05, 4.69) is 30.0 Å². The molecule has 1 aliphatic rings. The Kier molecular flexibility index (Phi) is 7.12. The molecule has 0 spiro atoms. The van der Waals surface area contributed by atoms with Crippen molar-refractivity contribution in [1.82, 2.24) is 25.1 Å². The molecule has 1 fully saturated rings. The van der Waals surface area contributed by atoms with Gasteiger partial charge in [-0.05, 0) is 48.5 Å². The molecule has 0 aliphatic carbocycles. The van der Waals surface area contributed by atoms with Crippen LogP contribution in [-0.2, 0) is 17.1 Å². The van der Waals surface area contributed by atoms with Crippen LogP contribution < -0.4 is 24.4 Å². The first-order chi connectivity index (χ1) is 17.8. The smallest absolute Gasteiger partial charge is 0.267 e. The highest BCUT2D eigenvalue weighted by atomic mass is 35.5. The number of ether oxygens (including phenoxy) is 2. The van der Waals surface area contributed by atoms with Gasteiger partial charge in [0.05, 0.1) is 12.3 Å². The summed E-state index contributed by atoms with van der Waals surface area (Å²) in [5, 5.41) is 7.79. The lowest BCUT2D eigenvalue weighted by Crippen LogP contribution is -2.43. The van der Waals surface area contributed by atoms with Crippen molar-refractivity contribution in [3.8, 4) is 23.3 Å². The Hall–Kier alpha value is -3.87. The van der Waals surface area contributed by atoms with Crippen molar-refractivity contribution in [2.24, 2.45) is 7.05 Å². The highest BCUT2D eigenvalue weighted by molar-refractivity contribution is 7.92. The van der Waals surface area contributed by atoms with E-state index in [1.54, 1.807) is 31.3 Å². The van der Waals surface area contributed by atoms with E-state index < -0.39 is 10.0 Å². The molecule has 0 radical (unpaired) electrons. The summed E-state index contributed by atoms with van der Waals surface area (Å²) in [4.78, 5) is 10.7. The van der Waals surface area contributed by atoms with Gasteiger partial charge in [0.2, 0.25) is 17.7 Å². The van der Waals surface area contributed by atoms with Crippen molar-refractivity contribution in [3.05, 3.63) is 72.0 Å². The summed E-state index contributed by atoms with van der Waals surface area (Å²) >= 11 is 5.96. The number of piperazine rings is 1. The van der Waals surface area contributed by atoms with Gasteiger partial charge in [-0.1, -0.05) is 11.6 Å². The van der Waals surface area contributed by atoms with Crippen molar-refractivity contribution in [3.63, 3.8) is 0 Å². The van der Waals surface area contributed by atoms with E-state index in [1.807, 2.05) is 24.3 Å². The Balaban J connectivity index is 1.41. The van der Waals surface area contributed by atoms with E-state index in [4.69, 9.17) is 21.1 Å². The number of hydrogen-bond acceptors (Lipinski definition) is 9. The minimum Gasteiger partial charge on any atom is -0.439 e. The zero-order valence-corrected chi connectivity index (χ0v) is 21.4.